The Labute approximate surface area is 177 Å². The van der Waals surface area contributed by atoms with Crippen LogP contribution in [0.5, 0.6) is 5.75 Å². The van der Waals surface area contributed by atoms with Crippen molar-refractivity contribution in [3.63, 3.8) is 0 Å². The topological polar surface area (TPSA) is 84.6 Å². The van der Waals surface area contributed by atoms with Gasteiger partial charge in [0.2, 0.25) is 5.89 Å². The Bertz CT molecular complexity index is 964. The van der Waals surface area contributed by atoms with E-state index in [1.165, 1.54) is 11.1 Å². The summed E-state index contributed by atoms with van der Waals surface area (Å²) in [6.07, 6.45) is 0.762. The van der Waals surface area contributed by atoms with Gasteiger partial charge in [0.25, 0.3) is 0 Å². The molecule has 2 aromatic carbocycles. The van der Waals surface area contributed by atoms with Crippen LogP contribution in [0.4, 0.5) is 5.69 Å². The quantitative estimate of drug-likeness (QED) is 0.428. The molecule has 0 atom stereocenters. The molecule has 0 saturated carbocycles. The number of aromatic nitrogens is 2. The van der Waals surface area contributed by atoms with Gasteiger partial charge < -0.3 is 19.9 Å². The van der Waals surface area contributed by atoms with Crippen molar-refractivity contribution in [3.05, 3.63) is 71.4 Å². The zero-order valence-corrected chi connectivity index (χ0v) is 18.0. The van der Waals surface area contributed by atoms with E-state index in [1.807, 2.05) is 57.2 Å². The maximum atomic E-state index is 5.71. The van der Waals surface area contributed by atoms with Crippen molar-refractivity contribution in [3.8, 4) is 5.75 Å². The molecule has 1 heterocycles. The lowest BCUT2D eigenvalue weighted by atomic mass is 10.1. The number of rotatable bonds is 8. The van der Waals surface area contributed by atoms with Gasteiger partial charge in [0.05, 0.1) is 12.6 Å². The van der Waals surface area contributed by atoms with Gasteiger partial charge in [-0.05, 0) is 63.1 Å². The molecule has 3 aromatic rings. The van der Waals surface area contributed by atoms with E-state index in [0.717, 1.165) is 11.4 Å². The van der Waals surface area contributed by atoms with Crippen LogP contribution in [0.3, 0.4) is 0 Å². The number of guanidine groups is 1. The summed E-state index contributed by atoms with van der Waals surface area (Å²) < 4.78 is 10.9. The first-order valence-corrected chi connectivity index (χ1v) is 10.2. The molecule has 0 radical (unpaired) electrons. The molecule has 0 spiro atoms. The van der Waals surface area contributed by atoms with Gasteiger partial charge in [-0.15, -0.1) is 0 Å². The molecule has 7 nitrogen and oxygen atoms in total. The molecule has 158 valence electrons. The number of nitrogens with one attached hydrogen (secondary N) is 2. The van der Waals surface area contributed by atoms with E-state index in [1.54, 1.807) is 0 Å². The second kappa shape index (κ2) is 10.4. The second-order valence-corrected chi connectivity index (χ2v) is 7.32. The first-order valence-electron chi connectivity index (χ1n) is 10.2. The van der Waals surface area contributed by atoms with Crippen molar-refractivity contribution in [2.24, 2.45) is 4.99 Å². The zero-order chi connectivity index (χ0) is 21.3. The maximum Gasteiger partial charge on any atom is 0.228 e. The van der Waals surface area contributed by atoms with Gasteiger partial charge in [0.15, 0.2) is 11.8 Å². The summed E-state index contributed by atoms with van der Waals surface area (Å²) in [5.74, 6) is 2.77. The maximum absolute atomic E-state index is 5.71. The normalized spacial score (nSPS) is 11.6. The molecule has 0 aliphatic rings. The number of aliphatic imine (C=N–C) groups is 1. The highest BCUT2D eigenvalue weighted by molar-refractivity contribution is 5.93. The van der Waals surface area contributed by atoms with E-state index in [9.17, 15) is 0 Å². The summed E-state index contributed by atoms with van der Waals surface area (Å²) in [4.78, 5) is 8.99. The summed E-state index contributed by atoms with van der Waals surface area (Å²) in [6, 6.07) is 16.1. The lowest BCUT2D eigenvalue weighted by molar-refractivity contribution is 0.242. The highest BCUT2D eigenvalue weighted by Crippen LogP contribution is 2.17. The lowest BCUT2D eigenvalue weighted by Gasteiger charge is -2.14. The van der Waals surface area contributed by atoms with Crippen molar-refractivity contribution in [1.29, 1.82) is 0 Å². The number of hydrogen-bond donors (Lipinski definition) is 2. The van der Waals surface area contributed by atoms with Gasteiger partial charge in [-0.2, -0.15) is 4.98 Å². The SMILES string of the molecule is Cc1noc(CCNC(=NCc2ccccc2C)Nc2ccc(OC(C)C)cc2)n1. The summed E-state index contributed by atoms with van der Waals surface area (Å²) in [5, 5.41) is 10.5. The lowest BCUT2D eigenvalue weighted by Crippen LogP contribution is -2.32. The predicted octanol–water partition coefficient (Wildman–Crippen LogP) is 4.27. The second-order valence-electron chi connectivity index (χ2n) is 7.32. The summed E-state index contributed by atoms with van der Waals surface area (Å²) in [7, 11) is 0. The van der Waals surface area contributed by atoms with E-state index in [0.29, 0.717) is 37.2 Å². The average Bonchev–Trinajstić information content (AvgIpc) is 3.13. The zero-order valence-electron chi connectivity index (χ0n) is 18.0. The van der Waals surface area contributed by atoms with Crippen LogP contribution >= 0.6 is 0 Å². The van der Waals surface area contributed by atoms with Gasteiger partial charge >= 0.3 is 0 Å². The van der Waals surface area contributed by atoms with Crippen molar-refractivity contribution < 1.29 is 9.26 Å². The van der Waals surface area contributed by atoms with E-state index in [-0.39, 0.29) is 6.10 Å². The molecule has 3 rings (SSSR count). The molecule has 0 amide bonds. The van der Waals surface area contributed by atoms with Crippen LogP contribution in [-0.2, 0) is 13.0 Å². The van der Waals surface area contributed by atoms with Gasteiger partial charge in [-0.1, -0.05) is 29.4 Å². The third kappa shape index (κ3) is 6.62. The fraction of sp³-hybridized carbons (Fsp3) is 0.348. The molecular weight excluding hydrogens is 378 g/mol. The fourth-order valence-electron chi connectivity index (χ4n) is 2.85. The number of nitrogens with zero attached hydrogens (tertiary/aromatic N) is 3. The minimum atomic E-state index is 0.144. The van der Waals surface area contributed by atoms with Crippen molar-refractivity contribution in [2.75, 3.05) is 11.9 Å². The highest BCUT2D eigenvalue weighted by atomic mass is 16.5. The number of hydrogen-bond acceptors (Lipinski definition) is 5. The Morgan fingerprint density at radius 3 is 2.53 bits per heavy atom. The van der Waals surface area contributed by atoms with Crippen LogP contribution in [0, 0.1) is 13.8 Å². The Balaban J connectivity index is 1.67. The van der Waals surface area contributed by atoms with Crippen molar-refractivity contribution >= 4 is 11.6 Å². The van der Waals surface area contributed by atoms with E-state index < -0.39 is 0 Å². The number of benzene rings is 2. The Hall–Kier alpha value is -3.35. The Morgan fingerprint density at radius 1 is 1.10 bits per heavy atom. The largest absolute Gasteiger partial charge is 0.491 e. The molecule has 1 aromatic heterocycles. The van der Waals surface area contributed by atoms with E-state index in [4.69, 9.17) is 14.3 Å². The predicted molar refractivity (Wildman–Crippen MR) is 119 cm³/mol. The fourth-order valence-corrected chi connectivity index (χ4v) is 2.85. The first-order chi connectivity index (χ1) is 14.5. The van der Waals surface area contributed by atoms with Crippen molar-refractivity contribution in [2.45, 2.75) is 46.8 Å². The van der Waals surface area contributed by atoms with Crippen LogP contribution in [-0.4, -0.2) is 28.7 Å². The monoisotopic (exact) mass is 407 g/mol. The van der Waals surface area contributed by atoms with E-state index >= 15 is 0 Å². The van der Waals surface area contributed by atoms with Gasteiger partial charge in [0.1, 0.15) is 5.75 Å². The Morgan fingerprint density at radius 2 is 1.87 bits per heavy atom. The summed E-state index contributed by atoms with van der Waals surface area (Å²) in [5.41, 5.74) is 3.33. The van der Waals surface area contributed by atoms with E-state index in [2.05, 4.69) is 39.8 Å². The summed E-state index contributed by atoms with van der Waals surface area (Å²) in [6.45, 7) is 9.13. The molecule has 30 heavy (non-hydrogen) atoms. The molecule has 0 unspecified atom stereocenters. The molecule has 0 aliphatic carbocycles. The molecule has 7 heteroatoms. The molecule has 0 aliphatic heterocycles. The van der Waals surface area contributed by atoms with Crippen molar-refractivity contribution in [1.82, 2.24) is 15.5 Å². The van der Waals surface area contributed by atoms with Crippen LogP contribution in [0.2, 0.25) is 0 Å². The number of ether oxygens (including phenoxy) is 1. The average molecular weight is 408 g/mol. The van der Waals surface area contributed by atoms with Gasteiger partial charge in [-0.3, -0.25) is 0 Å². The van der Waals surface area contributed by atoms with Crippen LogP contribution in [0.15, 0.2) is 58.0 Å². The van der Waals surface area contributed by atoms with Crippen LogP contribution < -0.4 is 15.4 Å². The van der Waals surface area contributed by atoms with Gasteiger partial charge in [-0.25, -0.2) is 4.99 Å². The minimum absolute atomic E-state index is 0.144. The third-order valence-electron chi connectivity index (χ3n) is 4.36. The Kier molecular flexibility index (Phi) is 7.43. The smallest absolute Gasteiger partial charge is 0.228 e. The third-order valence-corrected chi connectivity index (χ3v) is 4.36. The first kappa shape index (κ1) is 21.4. The number of aryl methyl sites for hydroxylation is 2. The molecule has 0 bridgehead atoms. The molecule has 0 fully saturated rings. The van der Waals surface area contributed by atoms with Crippen LogP contribution in [0.1, 0.15) is 36.7 Å². The van der Waals surface area contributed by atoms with Gasteiger partial charge in [0, 0.05) is 18.7 Å². The highest BCUT2D eigenvalue weighted by Gasteiger charge is 2.06. The minimum Gasteiger partial charge on any atom is -0.491 e. The molecular formula is C23H29N5O2. The standard InChI is InChI=1S/C23H29N5O2/c1-16(2)29-21-11-9-20(10-12-21)27-23(24-14-13-22-26-18(4)28-30-22)25-15-19-8-6-5-7-17(19)3/h5-12,16H,13-15H2,1-4H3,(H2,24,25,27). The molecule has 0 saturated heterocycles. The van der Waals surface area contributed by atoms with Crippen LogP contribution in [0.25, 0.3) is 0 Å². The molecule has 2 N–H and O–H groups in total. The summed E-state index contributed by atoms with van der Waals surface area (Å²) >= 11 is 0. The number of anilines is 1.